The minimum atomic E-state index is 0.234. The highest BCUT2D eigenvalue weighted by molar-refractivity contribution is 5.20. The van der Waals surface area contributed by atoms with Gasteiger partial charge in [-0.3, -0.25) is 0 Å². The minimum absolute atomic E-state index is 0.234. The Morgan fingerprint density at radius 3 is 2.81 bits per heavy atom. The molecule has 1 aliphatic heterocycles. The summed E-state index contributed by atoms with van der Waals surface area (Å²) < 4.78 is 11.9. The molecule has 1 spiro atoms. The average Bonchev–Trinajstić information content (AvgIpc) is 2.51. The molecule has 3 nitrogen and oxygen atoms in total. The maximum Gasteiger partial charge on any atom is 0.119 e. The Morgan fingerprint density at radius 1 is 1.33 bits per heavy atom. The van der Waals surface area contributed by atoms with E-state index in [0.29, 0.717) is 6.04 Å². The molecule has 2 aliphatic rings. The fourth-order valence-electron chi connectivity index (χ4n) is 3.76. The molecule has 1 N–H and O–H groups in total. The highest BCUT2D eigenvalue weighted by atomic mass is 16.5. The number of benzene rings is 1. The molecule has 21 heavy (non-hydrogen) atoms. The zero-order valence-electron chi connectivity index (χ0n) is 13.0. The van der Waals surface area contributed by atoms with E-state index >= 15 is 0 Å². The normalized spacial score (nSPS) is 25.3. The molecular weight excluding hydrogens is 262 g/mol. The van der Waals surface area contributed by atoms with Gasteiger partial charge in [-0.15, -0.1) is 0 Å². The van der Waals surface area contributed by atoms with Crippen molar-refractivity contribution in [3.05, 3.63) is 30.3 Å². The SMILES string of the molecule is CNC(CCOc1ccccc1)C1CCOC2(CCC2)C1. The summed E-state index contributed by atoms with van der Waals surface area (Å²) >= 11 is 0. The van der Waals surface area contributed by atoms with Gasteiger partial charge in [0.05, 0.1) is 12.2 Å². The lowest BCUT2D eigenvalue weighted by molar-refractivity contribution is -0.147. The predicted octanol–water partition coefficient (Wildman–Crippen LogP) is 3.39. The molecule has 3 heteroatoms. The third kappa shape index (κ3) is 3.58. The van der Waals surface area contributed by atoms with Crippen LogP contribution in [0.25, 0.3) is 0 Å². The molecule has 0 aromatic heterocycles. The fraction of sp³-hybridized carbons (Fsp3) is 0.667. The second-order valence-electron chi connectivity index (χ2n) is 6.48. The first kappa shape index (κ1) is 14.9. The number of hydrogen-bond donors (Lipinski definition) is 1. The van der Waals surface area contributed by atoms with Crippen LogP contribution in [-0.2, 0) is 4.74 Å². The monoisotopic (exact) mass is 289 g/mol. The quantitative estimate of drug-likeness (QED) is 0.870. The second kappa shape index (κ2) is 6.80. The van der Waals surface area contributed by atoms with Crippen LogP contribution >= 0.6 is 0 Å². The predicted molar refractivity (Wildman–Crippen MR) is 84.7 cm³/mol. The summed E-state index contributed by atoms with van der Waals surface area (Å²) in [6.45, 7) is 1.71. The van der Waals surface area contributed by atoms with Crippen molar-refractivity contribution >= 4 is 0 Å². The van der Waals surface area contributed by atoms with Gasteiger partial charge >= 0.3 is 0 Å². The van der Waals surface area contributed by atoms with E-state index in [1.54, 1.807) is 0 Å². The summed E-state index contributed by atoms with van der Waals surface area (Å²) in [7, 11) is 2.08. The molecule has 1 saturated heterocycles. The van der Waals surface area contributed by atoms with Crippen LogP contribution in [0.5, 0.6) is 5.75 Å². The van der Waals surface area contributed by atoms with Crippen LogP contribution in [-0.4, -0.2) is 31.9 Å². The Morgan fingerprint density at radius 2 is 2.14 bits per heavy atom. The first-order valence-corrected chi connectivity index (χ1v) is 8.30. The topological polar surface area (TPSA) is 30.5 Å². The van der Waals surface area contributed by atoms with E-state index in [-0.39, 0.29) is 5.60 Å². The van der Waals surface area contributed by atoms with Crippen molar-refractivity contribution in [3.63, 3.8) is 0 Å². The van der Waals surface area contributed by atoms with Gasteiger partial charge in [-0.1, -0.05) is 18.2 Å². The van der Waals surface area contributed by atoms with Gasteiger partial charge in [0.25, 0.3) is 0 Å². The van der Waals surface area contributed by atoms with Gasteiger partial charge in [-0.05, 0) is 63.6 Å². The Balaban J connectivity index is 1.48. The molecule has 2 atom stereocenters. The maximum atomic E-state index is 6.04. The zero-order valence-corrected chi connectivity index (χ0v) is 13.0. The van der Waals surface area contributed by atoms with Crippen molar-refractivity contribution in [1.82, 2.24) is 5.32 Å². The lowest BCUT2D eigenvalue weighted by Gasteiger charge is -2.48. The molecule has 1 aromatic carbocycles. The number of ether oxygens (including phenoxy) is 2. The Labute approximate surface area is 128 Å². The highest BCUT2D eigenvalue weighted by Gasteiger charge is 2.43. The Hall–Kier alpha value is -1.06. The van der Waals surface area contributed by atoms with Crippen LogP contribution in [0.3, 0.4) is 0 Å². The summed E-state index contributed by atoms with van der Waals surface area (Å²) in [6.07, 6.45) is 7.34. The molecular formula is C18H27NO2. The van der Waals surface area contributed by atoms with E-state index < -0.39 is 0 Å². The number of rotatable bonds is 6. The van der Waals surface area contributed by atoms with Crippen molar-refractivity contribution in [2.45, 2.75) is 50.2 Å². The van der Waals surface area contributed by atoms with Crippen LogP contribution in [0, 0.1) is 5.92 Å². The third-order valence-corrected chi connectivity index (χ3v) is 5.18. The molecule has 0 bridgehead atoms. The molecule has 1 saturated carbocycles. The van der Waals surface area contributed by atoms with E-state index in [1.165, 1.54) is 32.1 Å². The highest BCUT2D eigenvalue weighted by Crippen LogP contribution is 2.45. The Bertz CT molecular complexity index is 430. The molecule has 1 aliphatic carbocycles. The largest absolute Gasteiger partial charge is 0.494 e. The van der Waals surface area contributed by atoms with Crippen LogP contribution < -0.4 is 10.1 Å². The van der Waals surface area contributed by atoms with Crippen LogP contribution in [0.15, 0.2) is 30.3 Å². The average molecular weight is 289 g/mol. The maximum absolute atomic E-state index is 6.04. The van der Waals surface area contributed by atoms with E-state index in [4.69, 9.17) is 9.47 Å². The molecule has 0 amide bonds. The lowest BCUT2D eigenvalue weighted by Crippen LogP contribution is -2.50. The van der Waals surface area contributed by atoms with Gasteiger partial charge in [-0.2, -0.15) is 0 Å². The van der Waals surface area contributed by atoms with Gasteiger partial charge in [0.15, 0.2) is 0 Å². The standard InChI is InChI=1S/C18H27NO2/c1-19-17(9-12-20-16-6-3-2-4-7-16)15-8-13-21-18(14-15)10-5-11-18/h2-4,6-7,15,17,19H,5,8-14H2,1H3. The van der Waals surface area contributed by atoms with Crippen LogP contribution in [0.1, 0.15) is 38.5 Å². The first-order valence-electron chi connectivity index (χ1n) is 8.30. The van der Waals surface area contributed by atoms with Crippen molar-refractivity contribution in [2.24, 2.45) is 5.92 Å². The van der Waals surface area contributed by atoms with Gasteiger partial charge in [0, 0.05) is 12.6 Å². The molecule has 116 valence electrons. The van der Waals surface area contributed by atoms with Crippen molar-refractivity contribution in [3.8, 4) is 5.75 Å². The summed E-state index contributed by atoms with van der Waals surface area (Å²) in [5.41, 5.74) is 0.234. The second-order valence-corrected chi connectivity index (χ2v) is 6.48. The van der Waals surface area contributed by atoms with Gasteiger partial charge in [0.2, 0.25) is 0 Å². The molecule has 3 rings (SSSR count). The Kier molecular flexibility index (Phi) is 4.81. The molecule has 1 heterocycles. The van der Waals surface area contributed by atoms with E-state index in [1.807, 2.05) is 30.3 Å². The third-order valence-electron chi connectivity index (χ3n) is 5.18. The van der Waals surface area contributed by atoms with Crippen molar-refractivity contribution in [2.75, 3.05) is 20.3 Å². The minimum Gasteiger partial charge on any atom is -0.494 e. The summed E-state index contributed by atoms with van der Waals surface area (Å²) in [4.78, 5) is 0. The molecule has 2 fully saturated rings. The fourth-order valence-corrected chi connectivity index (χ4v) is 3.76. The van der Waals surface area contributed by atoms with Gasteiger partial charge in [-0.25, -0.2) is 0 Å². The van der Waals surface area contributed by atoms with Gasteiger partial charge < -0.3 is 14.8 Å². The summed E-state index contributed by atoms with van der Waals surface area (Å²) in [5, 5.41) is 3.51. The summed E-state index contributed by atoms with van der Waals surface area (Å²) in [5.74, 6) is 1.69. The van der Waals surface area contributed by atoms with Crippen LogP contribution in [0.2, 0.25) is 0 Å². The molecule has 1 aromatic rings. The number of para-hydroxylation sites is 1. The van der Waals surface area contributed by atoms with Crippen molar-refractivity contribution in [1.29, 1.82) is 0 Å². The summed E-state index contributed by atoms with van der Waals surface area (Å²) in [6, 6.07) is 10.6. The number of hydrogen-bond acceptors (Lipinski definition) is 3. The van der Waals surface area contributed by atoms with Gasteiger partial charge in [0.1, 0.15) is 5.75 Å². The van der Waals surface area contributed by atoms with E-state index in [0.717, 1.165) is 31.3 Å². The zero-order chi connectivity index (χ0) is 14.5. The van der Waals surface area contributed by atoms with E-state index in [9.17, 15) is 0 Å². The smallest absolute Gasteiger partial charge is 0.119 e. The van der Waals surface area contributed by atoms with E-state index in [2.05, 4.69) is 12.4 Å². The molecule has 2 unspecified atom stereocenters. The van der Waals surface area contributed by atoms with Crippen LogP contribution in [0.4, 0.5) is 0 Å². The number of nitrogens with one attached hydrogen (secondary N) is 1. The molecule has 0 radical (unpaired) electrons. The van der Waals surface area contributed by atoms with Crippen molar-refractivity contribution < 1.29 is 9.47 Å². The lowest BCUT2D eigenvalue weighted by atomic mass is 9.70. The first-order chi connectivity index (χ1) is 10.3.